The summed E-state index contributed by atoms with van der Waals surface area (Å²) in [6.45, 7) is 1.80. The topological polar surface area (TPSA) is 85.9 Å². The van der Waals surface area contributed by atoms with Crippen molar-refractivity contribution >= 4 is 21.6 Å². The molecule has 3 rings (SSSR count). The minimum Gasteiger partial charge on any atom is -0.315 e. The van der Waals surface area contributed by atoms with Crippen LogP contribution in [-0.4, -0.2) is 49.7 Å². The molecule has 2 aromatic rings. The molecule has 0 saturated heterocycles. The third-order valence-corrected chi connectivity index (χ3v) is 5.44. The normalized spacial score (nSPS) is 16.0. The zero-order valence-corrected chi connectivity index (χ0v) is 12.8. The van der Waals surface area contributed by atoms with Gasteiger partial charge in [-0.3, -0.25) is 4.68 Å². The Labute approximate surface area is 127 Å². The van der Waals surface area contributed by atoms with Gasteiger partial charge in [0.25, 0.3) is 0 Å². The lowest BCUT2D eigenvalue weighted by atomic mass is 10.4. The molecular weight excluding hydrogens is 316 g/mol. The predicted molar refractivity (Wildman–Crippen MR) is 75.2 cm³/mol. The van der Waals surface area contributed by atoms with Crippen molar-refractivity contribution in [2.24, 2.45) is 0 Å². The summed E-state index contributed by atoms with van der Waals surface area (Å²) in [7, 11) is -3.55. The molecule has 0 aliphatic carbocycles. The van der Waals surface area contributed by atoms with Gasteiger partial charge in [0.15, 0.2) is 0 Å². The largest absolute Gasteiger partial charge is 0.315 e. The van der Waals surface area contributed by atoms with Crippen molar-refractivity contribution in [2.45, 2.75) is 31.0 Å². The van der Waals surface area contributed by atoms with Gasteiger partial charge < -0.3 is 4.57 Å². The first kappa shape index (κ1) is 14.5. The lowest BCUT2D eigenvalue weighted by Crippen LogP contribution is -2.38. The van der Waals surface area contributed by atoms with Gasteiger partial charge in [-0.05, 0) is 6.42 Å². The van der Waals surface area contributed by atoms with Gasteiger partial charge in [0.1, 0.15) is 17.0 Å². The molecule has 21 heavy (non-hydrogen) atoms. The first-order valence-corrected chi connectivity index (χ1v) is 8.54. The van der Waals surface area contributed by atoms with E-state index in [-0.39, 0.29) is 11.4 Å². The van der Waals surface area contributed by atoms with Crippen molar-refractivity contribution < 1.29 is 8.42 Å². The van der Waals surface area contributed by atoms with Gasteiger partial charge in [0.2, 0.25) is 10.0 Å². The molecule has 8 nitrogen and oxygen atoms in total. The van der Waals surface area contributed by atoms with Crippen LogP contribution in [0.1, 0.15) is 12.2 Å². The first-order chi connectivity index (χ1) is 10.1. The molecule has 10 heteroatoms. The number of aromatic nitrogens is 5. The van der Waals surface area contributed by atoms with E-state index in [1.165, 1.54) is 10.5 Å². The highest BCUT2D eigenvalue weighted by Crippen LogP contribution is 2.20. The van der Waals surface area contributed by atoms with Crippen LogP contribution in [0, 0.1) is 0 Å². The zero-order valence-electron chi connectivity index (χ0n) is 11.3. The minimum absolute atomic E-state index is 0.199. The SMILES string of the molecule is O=S(=O)(c1cnn(CCCCl)c1)N1CCn2cnnc2C1. The Balaban J connectivity index is 1.79. The number of sulfonamides is 1. The summed E-state index contributed by atoms with van der Waals surface area (Å²) in [5, 5.41) is 11.8. The Bertz CT molecular complexity index is 725. The van der Waals surface area contributed by atoms with E-state index in [0.717, 1.165) is 6.42 Å². The summed E-state index contributed by atoms with van der Waals surface area (Å²) >= 11 is 5.62. The number of rotatable bonds is 5. The molecule has 1 aliphatic heterocycles. The van der Waals surface area contributed by atoms with Crippen LogP contribution in [0.5, 0.6) is 0 Å². The van der Waals surface area contributed by atoms with E-state index in [2.05, 4.69) is 15.3 Å². The summed E-state index contributed by atoms with van der Waals surface area (Å²) in [6, 6.07) is 0. The van der Waals surface area contributed by atoms with Gasteiger partial charge in [-0.2, -0.15) is 9.40 Å². The maximum atomic E-state index is 12.6. The fourth-order valence-corrected chi connectivity index (χ4v) is 3.68. The quantitative estimate of drug-likeness (QED) is 0.736. The molecule has 0 N–H and O–H groups in total. The van der Waals surface area contributed by atoms with E-state index < -0.39 is 10.0 Å². The molecule has 0 spiro atoms. The summed E-state index contributed by atoms with van der Waals surface area (Å²) in [4.78, 5) is 0.199. The standard InChI is InChI=1S/C11H15ClN6O2S/c12-2-1-3-17-7-10(6-14-17)21(19,20)18-5-4-16-9-13-15-11(16)8-18/h6-7,9H,1-5,8H2. The summed E-state index contributed by atoms with van der Waals surface area (Å²) < 4.78 is 30.0. The van der Waals surface area contributed by atoms with Crippen LogP contribution in [0.4, 0.5) is 0 Å². The van der Waals surface area contributed by atoms with E-state index in [4.69, 9.17) is 11.6 Å². The third kappa shape index (κ3) is 2.81. The van der Waals surface area contributed by atoms with Crippen molar-refractivity contribution in [1.82, 2.24) is 28.9 Å². The first-order valence-electron chi connectivity index (χ1n) is 6.56. The van der Waals surface area contributed by atoms with E-state index in [9.17, 15) is 8.42 Å². The molecule has 3 heterocycles. The molecule has 2 aromatic heterocycles. The van der Waals surface area contributed by atoms with Gasteiger partial charge >= 0.3 is 0 Å². The van der Waals surface area contributed by atoms with Gasteiger partial charge in [-0.25, -0.2) is 8.42 Å². The molecule has 0 saturated carbocycles. The predicted octanol–water partition coefficient (Wildman–Crippen LogP) is 0.308. The van der Waals surface area contributed by atoms with Crippen LogP contribution in [0.15, 0.2) is 23.6 Å². The Morgan fingerprint density at radius 3 is 3.00 bits per heavy atom. The number of hydrogen-bond donors (Lipinski definition) is 0. The third-order valence-electron chi connectivity index (χ3n) is 3.37. The number of hydrogen-bond acceptors (Lipinski definition) is 5. The van der Waals surface area contributed by atoms with E-state index in [1.807, 2.05) is 4.57 Å². The number of alkyl halides is 1. The maximum absolute atomic E-state index is 12.6. The Kier molecular flexibility index (Phi) is 3.96. The van der Waals surface area contributed by atoms with Crippen molar-refractivity contribution in [3.63, 3.8) is 0 Å². The van der Waals surface area contributed by atoms with E-state index in [1.54, 1.807) is 17.2 Å². The molecule has 0 fully saturated rings. The number of nitrogens with zero attached hydrogens (tertiary/aromatic N) is 6. The zero-order chi connectivity index (χ0) is 14.9. The second-order valence-electron chi connectivity index (χ2n) is 4.76. The van der Waals surface area contributed by atoms with Gasteiger partial charge in [0, 0.05) is 31.7 Å². The van der Waals surface area contributed by atoms with Crippen molar-refractivity contribution in [1.29, 1.82) is 0 Å². The van der Waals surface area contributed by atoms with Crippen molar-refractivity contribution in [3.05, 3.63) is 24.5 Å². The van der Waals surface area contributed by atoms with Gasteiger partial charge in [-0.1, -0.05) is 0 Å². The second-order valence-corrected chi connectivity index (χ2v) is 7.08. The molecule has 1 aliphatic rings. The van der Waals surface area contributed by atoms with E-state index >= 15 is 0 Å². The minimum atomic E-state index is -3.55. The summed E-state index contributed by atoms with van der Waals surface area (Å²) in [5.74, 6) is 1.17. The van der Waals surface area contributed by atoms with Crippen LogP contribution >= 0.6 is 11.6 Å². The average molecular weight is 331 g/mol. The van der Waals surface area contributed by atoms with Gasteiger partial charge in [0.05, 0.1) is 12.7 Å². The molecule has 114 valence electrons. The molecule has 0 amide bonds. The number of halogens is 1. The smallest absolute Gasteiger partial charge is 0.246 e. The lowest BCUT2D eigenvalue weighted by Gasteiger charge is -2.25. The van der Waals surface area contributed by atoms with Crippen LogP contribution in [0.2, 0.25) is 0 Å². The average Bonchev–Trinajstić information content (AvgIpc) is 3.13. The monoisotopic (exact) mass is 330 g/mol. The van der Waals surface area contributed by atoms with Crippen molar-refractivity contribution in [3.8, 4) is 0 Å². The van der Waals surface area contributed by atoms with Crippen molar-refractivity contribution in [2.75, 3.05) is 12.4 Å². The van der Waals surface area contributed by atoms with Crippen LogP contribution in [-0.2, 0) is 29.7 Å². The fourth-order valence-electron chi connectivity index (χ4n) is 2.22. The van der Waals surface area contributed by atoms with Crippen LogP contribution in [0.25, 0.3) is 0 Å². The number of aryl methyl sites for hydroxylation is 1. The number of fused-ring (bicyclic) bond motifs is 1. The molecule has 0 radical (unpaired) electrons. The Morgan fingerprint density at radius 1 is 1.33 bits per heavy atom. The maximum Gasteiger partial charge on any atom is 0.246 e. The Hall–Kier alpha value is -1.45. The summed E-state index contributed by atoms with van der Waals surface area (Å²) in [5.41, 5.74) is 0. The van der Waals surface area contributed by atoms with Gasteiger partial charge in [-0.15, -0.1) is 21.8 Å². The highest BCUT2D eigenvalue weighted by atomic mass is 35.5. The molecule has 0 bridgehead atoms. The highest BCUT2D eigenvalue weighted by molar-refractivity contribution is 7.89. The fraction of sp³-hybridized carbons (Fsp3) is 0.545. The molecule has 0 aromatic carbocycles. The molecular formula is C11H15ClN6O2S. The molecule has 0 atom stereocenters. The van der Waals surface area contributed by atoms with Crippen LogP contribution < -0.4 is 0 Å². The summed E-state index contributed by atoms with van der Waals surface area (Å²) in [6.07, 6.45) is 5.28. The molecule has 0 unspecified atom stereocenters. The second kappa shape index (κ2) is 5.74. The Morgan fingerprint density at radius 2 is 2.19 bits per heavy atom. The van der Waals surface area contributed by atoms with Crippen LogP contribution in [0.3, 0.4) is 0 Å². The lowest BCUT2D eigenvalue weighted by molar-refractivity contribution is 0.335. The van der Waals surface area contributed by atoms with E-state index in [0.29, 0.717) is 31.3 Å². The highest BCUT2D eigenvalue weighted by Gasteiger charge is 2.30.